The minimum absolute atomic E-state index is 0.121. The maximum absolute atomic E-state index is 14.0. The van der Waals surface area contributed by atoms with Crippen LogP contribution in [-0.2, 0) is 6.42 Å². The SMILES string of the molecule is Fc1ccc(O[C@H]2c3cc(Cl)cc(Cl)c3C[C@@H]2N2CCNCC2)c(-c2cc[nH]n2)c1. The van der Waals surface area contributed by atoms with E-state index >= 15 is 0 Å². The number of hydrogen-bond acceptors (Lipinski definition) is 4. The summed E-state index contributed by atoms with van der Waals surface area (Å²) in [5.41, 5.74) is 3.30. The Balaban J connectivity index is 1.56. The molecule has 156 valence electrons. The average Bonchev–Trinajstić information content (AvgIpc) is 3.39. The van der Waals surface area contributed by atoms with E-state index < -0.39 is 0 Å². The lowest BCUT2D eigenvalue weighted by molar-refractivity contribution is 0.0697. The normalized spacial score (nSPS) is 21.6. The fourth-order valence-electron chi connectivity index (χ4n) is 4.44. The summed E-state index contributed by atoms with van der Waals surface area (Å²) in [7, 11) is 0. The highest BCUT2D eigenvalue weighted by Crippen LogP contribution is 2.44. The molecule has 30 heavy (non-hydrogen) atoms. The lowest BCUT2D eigenvalue weighted by atomic mass is 10.1. The van der Waals surface area contributed by atoms with E-state index in [1.54, 1.807) is 24.4 Å². The van der Waals surface area contributed by atoms with Crippen molar-refractivity contribution < 1.29 is 9.13 Å². The van der Waals surface area contributed by atoms with Gasteiger partial charge in [0.15, 0.2) is 0 Å². The molecule has 5 nitrogen and oxygen atoms in total. The maximum Gasteiger partial charge on any atom is 0.140 e. The molecule has 0 bridgehead atoms. The second-order valence-electron chi connectivity index (χ2n) is 7.65. The summed E-state index contributed by atoms with van der Waals surface area (Å²) >= 11 is 12.9. The quantitative estimate of drug-likeness (QED) is 0.620. The second kappa shape index (κ2) is 8.19. The van der Waals surface area contributed by atoms with Gasteiger partial charge in [-0.1, -0.05) is 23.2 Å². The molecule has 1 saturated heterocycles. The van der Waals surface area contributed by atoms with Crippen LogP contribution in [0.2, 0.25) is 10.0 Å². The van der Waals surface area contributed by atoms with Crippen LogP contribution in [0.1, 0.15) is 17.2 Å². The third-order valence-electron chi connectivity index (χ3n) is 5.86. The van der Waals surface area contributed by atoms with Gasteiger partial charge in [-0.2, -0.15) is 5.10 Å². The van der Waals surface area contributed by atoms with Gasteiger partial charge in [-0.15, -0.1) is 0 Å². The van der Waals surface area contributed by atoms with Crippen LogP contribution in [0.3, 0.4) is 0 Å². The molecule has 0 unspecified atom stereocenters. The average molecular weight is 447 g/mol. The molecule has 0 radical (unpaired) electrons. The van der Waals surface area contributed by atoms with Gasteiger partial charge in [0.2, 0.25) is 0 Å². The number of hydrogen-bond donors (Lipinski definition) is 2. The van der Waals surface area contributed by atoms with Crippen LogP contribution >= 0.6 is 23.2 Å². The zero-order valence-electron chi connectivity index (χ0n) is 16.2. The van der Waals surface area contributed by atoms with Gasteiger partial charge < -0.3 is 10.1 Å². The van der Waals surface area contributed by atoms with E-state index in [0.29, 0.717) is 27.1 Å². The predicted octanol–water partition coefficient (Wildman–Crippen LogP) is 4.47. The van der Waals surface area contributed by atoms with Gasteiger partial charge in [0, 0.05) is 53.5 Å². The fraction of sp³-hybridized carbons (Fsp3) is 0.318. The van der Waals surface area contributed by atoms with Crippen molar-refractivity contribution in [3.63, 3.8) is 0 Å². The van der Waals surface area contributed by atoms with Crippen molar-refractivity contribution in [3.05, 3.63) is 69.6 Å². The second-order valence-corrected chi connectivity index (χ2v) is 8.49. The van der Waals surface area contributed by atoms with Gasteiger partial charge in [-0.05, 0) is 48.4 Å². The molecule has 2 aliphatic rings. The molecule has 0 saturated carbocycles. The molecule has 1 aromatic heterocycles. The number of benzene rings is 2. The molecule has 0 amide bonds. The van der Waals surface area contributed by atoms with E-state index in [-0.39, 0.29) is 18.0 Å². The maximum atomic E-state index is 14.0. The number of halogens is 3. The van der Waals surface area contributed by atoms with Crippen molar-refractivity contribution in [2.45, 2.75) is 18.6 Å². The lowest BCUT2D eigenvalue weighted by Crippen LogP contribution is -2.50. The third kappa shape index (κ3) is 3.69. The number of piperazine rings is 1. The van der Waals surface area contributed by atoms with Gasteiger partial charge in [-0.25, -0.2) is 4.39 Å². The molecule has 1 aliphatic carbocycles. The Kier molecular flexibility index (Phi) is 5.41. The molecular formula is C22H21Cl2FN4O. The molecule has 2 atom stereocenters. The fourth-order valence-corrected chi connectivity index (χ4v) is 5.03. The highest BCUT2D eigenvalue weighted by molar-refractivity contribution is 6.35. The Morgan fingerprint density at radius 1 is 1.10 bits per heavy atom. The Hall–Kier alpha value is -2.12. The van der Waals surface area contributed by atoms with Gasteiger partial charge in [-0.3, -0.25) is 10.00 Å². The number of fused-ring (bicyclic) bond motifs is 1. The molecular weight excluding hydrogens is 426 g/mol. The lowest BCUT2D eigenvalue weighted by Gasteiger charge is -2.36. The number of aromatic amines is 1. The molecule has 1 fully saturated rings. The largest absolute Gasteiger partial charge is 0.483 e. The van der Waals surface area contributed by atoms with Crippen LogP contribution in [0.25, 0.3) is 11.3 Å². The number of aromatic nitrogens is 2. The van der Waals surface area contributed by atoms with Crippen LogP contribution in [0.4, 0.5) is 4.39 Å². The molecule has 2 N–H and O–H groups in total. The van der Waals surface area contributed by atoms with Crippen molar-refractivity contribution in [2.75, 3.05) is 26.2 Å². The number of nitrogens with one attached hydrogen (secondary N) is 2. The first-order valence-electron chi connectivity index (χ1n) is 9.99. The van der Waals surface area contributed by atoms with Gasteiger partial charge in [0.1, 0.15) is 17.7 Å². The molecule has 8 heteroatoms. The molecule has 1 aliphatic heterocycles. The zero-order chi connectivity index (χ0) is 20.7. The summed E-state index contributed by atoms with van der Waals surface area (Å²) in [6.07, 6.45) is 2.23. The summed E-state index contributed by atoms with van der Waals surface area (Å²) in [4.78, 5) is 2.43. The Morgan fingerprint density at radius 3 is 2.70 bits per heavy atom. The van der Waals surface area contributed by atoms with Crippen molar-refractivity contribution in [1.82, 2.24) is 20.4 Å². The van der Waals surface area contributed by atoms with Crippen LogP contribution in [0.5, 0.6) is 5.75 Å². The van der Waals surface area contributed by atoms with Crippen LogP contribution in [0.15, 0.2) is 42.6 Å². The van der Waals surface area contributed by atoms with Crippen molar-refractivity contribution >= 4 is 23.2 Å². The van der Waals surface area contributed by atoms with Gasteiger partial charge >= 0.3 is 0 Å². The molecule has 5 rings (SSSR count). The summed E-state index contributed by atoms with van der Waals surface area (Å²) in [5, 5.41) is 11.6. The van der Waals surface area contributed by atoms with E-state index in [4.69, 9.17) is 27.9 Å². The number of nitrogens with zero attached hydrogens (tertiary/aromatic N) is 2. The number of H-pyrrole nitrogens is 1. The third-order valence-corrected chi connectivity index (χ3v) is 6.41. The zero-order valence-corrected chi connectivity index (χ0v) is 17.7. The molecule has 0 spiro atoms. The minimum atomic E-state index is -0.336. The Labute approximate surface area is 184 Å². The van der Waals surface area contributed by atoms with Crippen LogP contribution in [0, 0.1) is 5.82 Å². The first-order valence-corrected chi connectivity index (χ1v) is 10.7. The van der Waals surface area contributed by atoms with E-state index in [2.05, 4.69) is 20.4 Å². The standard InChI is InChI=1S/C22H21Cl2FN4O/c23-13-9-16-15(18(24)10-13)12-20(29-7-5-26-6-8-29)22(16)30-21-2-1-14(25)11-17(21)19-3-4-27-28-19/h1-4,9-11,20,22,26H,5-8,12H2,(H,27,28)/t20-,22-/m0/s1. The van der Waals surface area contributed by atoms with E-state index in [9.17, 15) is 4.39 Å². The highest BCUT2D eigenvalue weighted by atomic mass is 35.5. The van der Waals surface area contributed by atoms with Crippen LogP contribution < -0.4 is 10.1 Å². The van der Waals surface area contributed by atoms with E-state index in [1.807, 2.05) is 6.07 Å². The van der Waals surface area contributed by atoms with Gasteiger partial charge in [0.25, 0.3) is 0 Å². The topological polar surface area (TPSA) is 53.2 Å². The molecule has 2 heterocycles. The smallest absolute Gasteiger partial charge is 0.140 e. The minimum Gasteiger partial charge on any atom is -0.483 e. The molecule has 3 aromatic rings. The Bertz CT molecular complexity index is 1050. The first-order chi connectivity index (χ1) is 14.6. The Morgan fingerprint density at radius 2 is 1.93 bits per heavy atom. The number of rotatable bonds is 4. The summed E-state index contributed by atoms with van der Waals surface area (Å²) < 4.78 is 20.6. The van der Waals surface area contributed by atoms with Crippen molar-refractivity contribution in [1.29, 1.82) is 0 Å². The van der Waals surface area contributed by atoms with E-state index in [1.165, 1.54) is 12.1 Å². The van der Waals surface area contributed by atoms with Crippen molar-refractivity contribution in [2.24, 2.45) is 0 Å². The van der Waals surface area contributed by atoms with Crippen molar-refractivity contribution in [3.8, 4) is 17.0 Å². The predicted molar refractivity (Wildman–Crippen MR) is 116 cm³/mol. The van der Waals surface area contributed by atoms with Crippen LogP contribution in [-0.4, -0.2) is 47.3 Å². The first kappa shape index (κ1) is 19.8. The summed E-state index contributed by atoms with van der Waals surface area (Å²) in [6, 6.07) is 10.2. The monoisotopic (exact) mass is 446 g/mol. The van der Waals surface area contributed by atoms with E-state index in [0.717, 1.165) is 43.7 Å². The summed E-state index contributed by atoms with van der Waals surface area (Å²) in [6.45, 7) is 3.73. The molecule has 2 aromatic carbocycles. The number of ether oxygens (including phenoxy) is 1. The highest BCUT2D eigenvalue weighted by Gasteiger charge is 2.40. The van der Waals surface area contributed by atoms with Gasteiger partial charge in [0.05, 0.1) is 11.7 Å². The summed E-state index contributed by atoms with van der Waals surface area (Å²) in [5.74, 6) is 0.245.